The van der Waals surface area contributed by atoms with Crippen molar-refractivity contribution in [1.82, 2.24) is 10.6 Å². The van der Waals surface area contributed by atoms with Gasteiger partial charge in [-0.15, -0.1) is 0 Å². The number of nitrogens with one attached hydrogen (secondary N) is 2. The third-order valence-corrected chi connectivity index (χ3v) is 27.1. The highest BCUT2D eigenvalue weighted by Gasteiger charge is 2.70. The molecular weight excluding hydrogens is 1320 g/mol. The standard InChI is InChI=1S/C86H124N2O16/c1-54-37-39-83(13)65(82(54,12)45-47-89)38-40-85(15)66(83)36-35-61-62-48-80(8,9)41-43-86(62,44-42-84(61,85)14)77(91)101-75-70(55(2)68(63(98-75)52-93-49-58-28-20-16-21-29-58)88-67(90)34-26-19-27-46-87-78(92)104-79(5,6)7)99-76-73-72(102-81(10,11)103-73)71(57(4)97-76)100-74-56(3)69(95-51-60-32-24-18-25-33-60)64(53-96-74)94-50-59-30-22-17-23-31-59/h16-18,20-25,28-33,35,47,54-57,62-66,68-76H,19,26-27,34,36-46,48-53H2,1-15H3,(H,87,92)(H,88,90)/t54-,55?,56?,57?,62?,63?,64+,65-,66?,68+,69?,70?,71-,72?,73?,74-,75-,76?,82-,83?,84+,85+,86-/m0/s1. The summed E-state index contributed by atoms with van der Waals surface area (Å²) in [6.45, 7) is 34.2. The summed E-state index contributed by atoms with van der Waals surface area (Å²) in [6.07, 6.45) is 6.54. The minimum absolute atomic E-state index is 0.0315. The fourth-order valence-electron chi connectivity index (χ4n) is 20.9. The van der Waals surface area contributed by atoms with Crippen molar-refractivity contribution in [3.8, 4) is 0 Å². The Morgan fingerprint density at radius 1 is 0.654 bits per heavy atom. The Bertz CT molecular complexity index is 3420. The average Bonchev–Trinajstić information content (AvgIpc) is 0.815. The Morgan fingerprint density at radius 2 is 1.30 bits per heavy atom. The van der Waals surface area contributed by atoms with Crippen molar-refractivity contribution in [2.75, 3.05) is 19.8 Å². The Hall–Kier alpha value is -5.12. The molecule has 0 radical (unpaired) electrons. The van der Waals surface area contributed by atoms with Gasteiger partial charge in [0, 0.05) is 31.2 Å². The van der Waals surface area contributed by atoms with Gasteiger partial charge in [-0.25, -0.2) is 4.79 Å². The number of aldehydes is 1. The summed E-state index contributed by atoms with van der Waals surface area (Å²) in [7, 11) is 0. The second-order valence-corrected chi connectivity index (χ2v) is 36.0. The summed E-state index contributed by atoms with van der Waals surface area (Å²) < 4.78 is 82.1. The number of alkyl carbamates (subject to hydrolysis) is 1. The maximum absolute atomic E-state index is 16.5. The van der Waals surface area contributed by atoms with Gasteiger partial charge in [-0.1, -0.05) is 171 Å². The van der Waals surface area contributed by atoms with Crippen molar-refractivity contribution in [3.63, 3.8) is 0 Å². The third-order valence-electron chi connectivity index (χ3n) is 27.1. The summed E-state index contributed by atoms with van der Waals surface area (Å²) in [6, 6.07) is 29.4. The van der Waals surface area contributed by atoms with Crippen molar-refractivity contribution in [1.29, 1.82) is 0 Å². The van der Waals surface area contributed by atoms with E-state index in [4.69, 9.17) is 56.8 Å². The minimum Gasteiger partial charge on any atom is -0.444 e. The van der Waals surface area contributed by atoms with Gasteiger partial charge in [-0.2, -0.15) is 0 Å². The van der Waals surface area contributed by atoms with Crippen LogP contribution in [0.3, 0.4) is 0 Å². The van der Waals surface area contributed by atoms with Crippen molar-refractivity contribution < 1.29 is 76.0 Å². The monoisotopic (exact) mass is 1440 g/mol. The number of fused-ring (bicyclic) bond motifs is 8. The van der Waals surface area contributed by atoms with Gasteiger partial charge in [0.2, 0.25) is 12.2 Å². The van der Waals surface area contributed by atoms with E-state index in [1.807, 2.05) is 127 Å². The molecule has 4 saturated heterocycles. The number of amides is 2. The van der Waals surface area contributed by atoms with Crippen LogP contribution in [0, 0.1) is 68.0 Å². The van der Waals surface area contributed by atoms with E-state index < -0.39 is 103 Å². The van der Waals surface area contributed by atoms with Crippen molar-refractivity contribution >= 4 is 24.3 Å². The van der Waals surface area contributed by atoms with E-state index in [1.54, 1.807) is 0 Å². The van der Waals surface area contributed by atoms with Gasteiger partial charge >= 0.3 is 12.1 Å². The molecule has 4 saturated carbocycles. The number of allylic oxidation sites excluding steroid dienone is 2. The lowest BCUT2D eigenvalue weighted by molar-refractivity contribution is -0.354. The predicted octanol–water partition coefficient (Wildman–Crippen LogP) is 15.9. The number of unbranched alkanes of at least 4 members (excludes halogenated alkanes) is 2. The molecule has 574 valence electrons. The maximum atomic E-state index is 16.5. The normalized spacial score (nSPS) is 39.2. The lowest BCUT2D eigenvalue weighted by Crippen LogP contribution is -2.66. The molecule has 18 nitrogen and oxygen atoms in total. The van der Waals surface area contributed by atoms with Crippen molar-refractivity contribution in [2.24, 2.45) is 68.0 Å². The highest BCUT2D eigenvalue weighted by Crippen LogP contribution is 2.76. The maximum Gasteiger partial charge on any atom is 0.407 e. The molecule has 3 aromatic carbocycles. The van der Waals surface area contributed by atoms with E-state index in [0.717, 1.165) is 68.1 Å². The lowest BCUT2D eigenvalue weighted by atomic mass is 9.33. The zero-order chi connectivity index (χ0) is 74.2. The molecule has 2 N–H and O–H groups in total. The van der Waals surface area contributed by atoms with Crippen molar-refractivity contribution in [2.45, 2.75) is 305 Å². The molecule has 23 atom stereocenters. The first kappa shape index (κ1) is 78.5. The van der Waals surface area contributed by atoms with Crippen LogP contribution in [0.25, 0.3) is 0 Å². The Kier molecular flexibility index (Phi) is 24.0. The molecule has 12 unspecified atom stereocenters. The zero-order valence-corrected chi connectivity index (χ0v) is 65.1. The van der Waals surface area contributed by atoms with Gasteiger partial charge in [0.1, 0.15) is 48.5 Å². The van der Waals surface area contributed by atoms with Gasteiger partial charge in [-0.05, 0) is 186 Å². The largest absolute Gasteiger partial charge is 0.444 e. The van der Waals surface area contributed by atoms with E-state index in [-0.39, 0.29) is 77.0 Å². The highest BCUT2D eigenvalue weighted by atomic mass is 16.8. The third kappa shape index (κ3) is 16.4. The first-order valence-electron chi connectivity index (χ1n) is 39.5. The number of carbonyl (C=O) groups excluding carboxylic acids is 4. The van der Waals surface area contributed by atoms with Crippen LogP contribution in [-0.2, 0) is 91.0 Å². The average molecular weight is 1440 g/mol. The van der Waals surface area contributed by atoms with Crippen LogP contribution in [0.15, 0.2) is 103 Å². The number of rotatable bonds is 25. The van der Waals surface area contributed by atoms with Gasteiger partial charge in [-0.3, -0.25) is 9.59 Å². The lowest BCUT2D eigenvalue weighted by Gasteiger charge is -2.71. The molecule has 0 spiro atoms. The molecule has 9 aliphatic rings. The number of carbonyl (C=O) groups is 4. The van der Waals surface area contributed by atoms with E-state index in [9.17, 15) is 14.4 Å². The quantitative estimate of drug-likeness (QED) is 0.0350. The number of hydrogen-bond acceptors (Lipinski definition) is 16. The van der Waals surface area contributed by atoms with Crippen LogP contribution in [0.4, 0.5) is 4.79 Å². The topological polar surface area (TPSA) is 203 Å². The summed E-state index contributed by atoms with van der Waals surface area (Å²) in [4.78, 5) is 56.0. The Balaban J connectivity index is 0.836. The van der Waals surface area contributed by atoms with Gasteiger partial charge in [0.25, 0.3) is 0 Å². The van der Waals surface area contributed by atoms with Gasteiger partial charge in [0.15, 0.2) is 18.4 Å². The molecule has 4 heterocycles. The number of ether oxygens (including phenoxy) is 12. The molecule has 8 fully saturated rings. The van der Waals surface area contributed by atoms with E-state index >= 15 is 4.79 Å². The zero-order valence-electron chi connectivity index (χ0n) is 65.1. The molecule has 4 aliphatic heterocycles. The number of esters is 1. The van der Waals surface area contributed by atoms with Crippen LogP contribution in [0.5, 0.6) is 0 Å². The molecule has 0 aromatic heterocycles. The highest BCUT2D eigenvalue weighted by molar-refractivity contribution is 5.79. The SMILES string of the molecule is CC1C(OCc2ccccc2)[C@H](OCc2ccccc2)CO[C@H]1O[C@H]1C(C)OC(OC2C(C)[C@@H](NC(=O)CCCCCNC(=O)OC(C)(C)C)C(COCc3ccccc3)O[C@H]2OC(=O)[C@]23CCC(C)(C)CC2C2=CCC4C5(C)CC[C@H](C)[C@](C)(CC=O)[C@@H]5CC[C@@]4(C)[C@]2(C)CC3)C2OC(C)(C)OC21. The van der Waals surface area contributed by atoms with Crippen molar-refractivity contribution in [3.05, 3.63) is 119 Å². The Morgan fingerprint density at radius 3 is 1.97 bits per heavy atom. The summed E-state index contributed by atoms with van der Waals surface area (Å²) in [5.74, 6) is -1.20. The van der Waals surface area contributed by atoms with E-state index in [0.29, 0.717) is 76.0 Å². The fraction of sp³-hybridized carbons (Fsp3) is 0.721. The van der Waals surface area contributed by atoms with Crippen LogP contribution >= 0.6 is 0 Å². The molecule has 12 rings (SSSR count). The first-order valence-corrected chi connectivity index (χ1v) is 39.5. The molecular formula is C86H124N2O16. The summed E-state index contributed by atoms with van der Waals surface area (Å²) >= 11 is 0. The predicted molar refractivity (Wildman–Crippen MR) is 395 cm³/mol. The molecule has 2 amide bonds. The van der Waals surface area contributed by atoms with Crippen LogP contribution in [-0.4, -0.2) is 129 Å². The smallest absolute Gasteiger partial charge is 0.407 e. The second kappa shape index (κ2) is 31.8. The summed E-state index contributed by atoms with van der Waals surface area (Å²) in [5, 5.41) is 6.23. The summed E-state index contributed by atoms with van der Waals surface area (Å²) in [5.41, 5.74) is 2.76. The van der Waals surface area contributed by atoms with Gasteiger partial charge in [0.05, 0.1) is 56.7 Å². The van der Waals surface area contributed by atoms with Crippen LogP contribution in [0.1, 0.15) is 217 Å². The number of benzene rings is 3. The molecule has 18 heteroatoms. The molecule has 104 heavy (non-hydrogen) atoms. The molecule has 5 aliphatic carbocycles. The van der Waals surface area contributed by atoms with E-state index in [2.05, 4.69) is 84.2 Å². The van der Waals surface area contributed by atoms with E-state index in [1.165, 1.54) is 11.9 Å². The molecule has 0 bridgehead atoms. The second-order valence-electron chi connectivity index (χ2n) is 36.0. The molecule has 3 aromatic rings. The minimum atomic E-state index is -1.29. The van der Waals surface area contributed by atoms with Gasteiger partial charge < -0.3 is 72.3 Å². The number of hydrogen-bond donors (Lipinski definition) is 2. The van der Waals surface area contributed by atoms with Crippen LogP contribution < -0.4 is 10.6 Å². The fourth-order valence-corrected chi connectivity index (χ4v) is 20.9. The first-order chi connectivity index (χ1) is 49.4. The Labute approximate surface area is 620 Å². The van der Waals surface area contributed by atoms with Crippen LogP contribution in [0.2, 0.25) is 0 Å².